The molecule has 96 valence electrons. The van der Waals surface area contributed by atoms with Gasteiger partial charge in [-0.1, -0.05) is 31.5 Å². The highest BCUT2D eigenvalue weighted by Crippen LogP contribution is 2.34. The van der Waals surface area contributed by atoms with Crippen molar-refractivity contribution in [2.45, 2.75) is 33.6 Å². The smallest absolute Gasteiger partial charge is 0.125 e. The van der Waals surface area contributed by atoms with Crippen molar-refractivity contribution < 1.29 is 0 Å². The summed E-state index contributed by atoms with van der Waals surface area (Å²) >= 11 is 0. The summed E-state index contributed by atoms with van der Waals surface area (Å²) in [4.78, 5) is 0. The molecule has 0 aliphatic carbocycles. The number of rotatable bonds is 2. The minimum absolute atomic E-state index is 0.369. The summed E-state index contributed by atoms with van der Waals surface area (Å²) in [6, 6.07) is 6.45. The summed E-state index contributed by atoms with van der Waals surface area (Å²) in [6.07, 6.45) is 0. The van der Waals surface area contributed by atoms with Crippen molar-refractivity contribution in [3.63, 3.8) is 0 Å². The van der Waals surface area contributed by atoms with Crippen molar-refractivity contribution in [1.29, 1.82) is 0 Å². The SMILES string of the molecule is Cc1ccc(C)c(-c2nn(C)c(N)c2C(C)C)c1. The maximum Gasteiger partial charge on any atom is 0.125 e. The molecule has 0 aliphatic rings. The van der Waals surface area contributed by atoms with Gasteiger partial charge in [-0.2, -0.15) is 5.10 Å². The first-order valence-corrected chi connectivity index (χ1v) is 6.31. The van der Waals surface area contributed by atoms with E-state index in [1.54, 1.807) is 4.68 Å². The Morgan fingerprint density at radius 1 is 1.22 bits per heavy atom. The highest BCUT2D eigenvalue weighted by molar-refractivity contribution is 5.72. The Labute approximate surface area is 109 Å². The van der Waals surface area contributed by atoms with E-state index in [4.69, 9.17) is 5.73 Å². The van der Waals surface area contributed by atoms with Crippen LogP contribution in [0, 0.1) is 13.8 Å². The Bertz CT molecular complexity index is 580. The molecule has 2 N–H and O–H groups in total. The molecule has 0 bridgehead atoms. The van der Waals surface area contributed by atoms with Gasteiger partial charge in [0.1, 0.15) is 5.82 Å². The van der Waals surface area contributed by atoms with Gasteiger partial charge in [0.05, 0.1) is 5.69 Å². The lowest BCUT2D eigenvalue weighted by molar-refractivity contribution is 0.779. The third-order valence-corrected chi connectivity index (χ3v) is 3.36. The molecule has 3 heteroatoms. The Kier molecular flexibility index (Phi) is 3.16. The topological polar surface area (TPSA) is 43.8 Å². The number of nitrogens with zero attached hydrogens (tertiary/aromatic N) is 2. The van der Waals surface area contributed by atoms with Crippen molar-refractivity contribution in [3.05, 3.63) is 34.9 Å². The zero-order valence-corrected chi connectivity index (χ0v) is 11.8. The van der Waals surface area contributed by atoms with Crippen molar-refractivity contribution >= 4 is 5.82 Å². The van der Waals surface area contributed by atoms with Crippen LogP contribution in [0.5, 0.6) is 0 Å². The number of nitrogens with two attached hydrogens (primary N) is 1. The molecular weight excluding hydrogens is 222 g/mol. The number of hydrogen-bond donors (Lipinski definition) is 1. The molecule has 1 heterocycles. The van der Waals surface area contributed by atoms with Gasteiger partial charge in [-0.15, -0.1) is 0 Å². The van der Waals surface area contributed by atoms with E-state index in [1.807, 2.05) is 7.05 Å². The normalized spacial score (nSPS) is 11.2. The fraction of sp³-hybridized carbons (Fsp3) is 0.400. The second kappa shape index (κ2) is 4.48. The predicted molar refractivity (Wildman–Crippen MR) is 76.6 cm³/mol. The third kappa shape index (κ3) is 2.01. The predicted octanol–water partition coefficient (Wildman–Crippen LogP) is 3.41. The quantitative estimate of drug-likeness (QED) is 0.878. The van der Waals surface area contributed by atoms with Crippen molar-refractivity contribution in [1.82, 2.24) is 9.78 Å². The van der Waals surface area contributed by atoms with Crippen molar-refractivity contribution in [3.8, 4) is 11.3 Å². The fourth-order valence-electron chi connectivity index (χ4n) is 2.31. The van der Waals surface area contributed by atoms with E-state index in [9.17, 15) is 0 Å². The van der Waals surface area contributed by atoms with Gasteiger partial charge in [0, 0.05) is 18.2 Å². The molecule has 0 spiro atoms. The zero-order valence-electron chi connectivity index (χ0n) is 11.8. The summed E-state index contributed by atoms with van der Waals surface area (Å²) in [7, 11) is 1.90. The van der Waals surface area contributed by atoms with Gasteiger partial charge >= 0.3 is 0 Å². The number of aromatic nitrogens is 2. The molecule has 0 radical (unpaired) electrons. The van der Waals surface area contributed by atoms with E-state index in [0.29, 0.717) is 5.92 Å². The standard InChI is InChI=1S/C15H21N3/c1-9(2)13-14(17-18(5)15(13)16)12-8-10(3)6-7-11(12)4/h6-9H,16H2,1-5H3. The first-order valence-electron chi connectivity index (χ1n) is 6.31. The average Bonchev–Trinajstić information content (AvgIpc) is 2.59. The largest absolute Gasteiger partial charge is 0.384 e. The monoisotopic (exact) mass is 243 g/mol. The van der Waals surface area contributed by atoms with Crippen LogP contribution in [0.2, 0.25) is 0 Å². The van der Waals surface area contributed by atoms with Gasteiger partial charge in [0.2, 0.25) is 0 Å². The summed E-state index contributed by atoms with van der Waals surface area (Å²) in [5.41, 5.74) is 12.0. The van der Waals surface area contributed by atoms with E-state index >= 15 is 0 Å². The van der Waals surface area contributed by atoms with Gasteiger partial charge in [0.25, 0.3) is 0 Å². The minimum atomic E-state index is 0.369. The average molecular weight is 243 g/mol. The molecule has 1 aromatic carbocycles. The molecule has 0 aliphatic heterocycles. The lowest BCUT2D eigenvalue weighted by atomic mass is 9.95. The molecule has 18 heavy (non-hydrogen) atoms. The van der Waals surface area contributed by atoms with Gasteiger partial charge in [-0.25, -0.2) is 0 Å². The summed E-state index contributed by atoms with van der Waals surface area (Å²) < 4.78 is 1.77. The van der Waals surface area contributed by atoms with Gasteiger partial charge in [0.15, 0.2) is 0 Å². The molecule has 1 aromatic heterocycles. The molecule has 0 unspecified atom stereocenters. The van der Waals surface area contributed by atoms with Crippen LogP contribution in [0.1, 0.15) is 36.5 Å². The lowest BCUT2D eigenvalue weighted by Gasteiger charge is -2.10. The Hall–Kier alpha value is -1.77. The minimum Gasteiger partial charge on any atom is -0.384 e. The van der Waals surface area contributed by atoms with Crippen molar-refractivity contribution in [2.75, 3.05) is 5.73 Å². The molecule has 3 nitrogen and oxygen atoms in total. The number of aryl methyl sites for hydroxylation is 3. The second-order valence-corrected chi connectivity index (χ2v) is 5.24. The van der Waals surface area contributed by atoms with E-state index < -0.39 is 0 Å². The summed E-state index contributed by atoms with van der Waals surface area (Å²) in [5, 5.41) is 4.60. The highest BCUT2D eigenvalue weighted by atomic mass is 15.3. The maximum absolute atomic E-state index is 6.13. The zero-order chi connectivity index (χ0) is 13.4. The van der Waals surface area contributed by atoms with Crippen LogP contribution in [0.4, 0.5) is 5.82 Å². The first kappa shape index (κ1) is 12.7. The van der Waals surface area contributed by atoms with Crippen LogP contribution in [0.3, 0.4) is 0 Å². The van der Waals surface area contributed by atoms with Crippen LogP contribution in [0.15, 0.2) is 18.2 Å². The van der Waals surface area contributed by atoms with E-state index in [-0.39, 0.29) is 0 Å². The summed E-state index contributed by atoms with van der Waals surface area (Å²) in [6.45, 7) is 8.53. The van der Waals surface area contributed by atoms with Gasteiger partial charge < -0.3 is 5.73 Å². The number of benzene rings is 1. The maximum atomic E-state index is 6.13. The first-order chi connectivity index (χ1) is 8.41. The molecule has 0 saturated heterocycles. The molecule has 0 atom stereocenters. The lowest BCUT2D eigenvalue weighted by Crippen LogP contribution is -2.00. The molecular formula is C15H21N3. The highest BCUT2D eigenvalue weighted by Gasteiger charge is 2.19. The fourth-order valence-corrected chi connectivity index (χ4v) is 2.31. The second-order valence-electron chi connectivity index (χ2n) is 5.24. The van der Waals surface area contributed by atoms with Crippen LogP contribution < -0.4 is 5.73 Å². The molecule has 0 fully saturated rings. The Morgan fingerprint density at radius 2 is 1.89 bits per heavy atom. The van der Waals surface area contributed by atoms with E-state index in [0.717, 1.165) is 17.1 Å². The van der Waals surface area contributed by atoms with E-state index in [2.05, 4.69) is 51.0 Å². The molecule has 0 saturated carbocycles. The Balaban J connectivity index is 2.71. The van der Waals surface area contributed by atoms with Crippen LogP contribution in [-0.4, -0.2) is 9.78 Å². The van der Waals surface area contributed by atoms with Gasteiger partial charge in [-0.3, -0.25) is 4.68 Å². The van der Waals surface area contributed by atoms with Crippen LogP contribution >= 0.6 is 0 Å². The number of anilines is 1. The summed E-state index contributed by atoms with van der Waals surface area (Å²) in [5.74, 6) is 1.13. The Morgan fingerprint density at radius 3 is 2.50 bits per heavy atom. The third-order valence-electron chi connectivity index (χ3n) is 3.36. The molecule has 0 amide bonds. The van der Waals surface area contributed by atoms with E-state index in [1.165, 1.54) is 16.7 Å². The molecule has 2 rings (SSSR count). The molecule has 2 aromatic rings. The number of hydrogen-bond acceptors (Lipinski definition) is 2. The van der Waals surface area contributed by atoms with Gasteiger partial charge in [-0.05, 0) is 31.4 Å². The van der Waals surface area contributed by atoms with Crippen LogP contribution in [0.25, 0.3) is 11.3 Å². The van der Waals surface area contributed by atoms with Crippen LogP contribution in [-0.2, 0) is 7.05 Å². The number of nitrogen functional groups attached to an aromatic ring is 1. The van der Waals surface area contributed by atoms with Crippen molar-refractivity contribution in [2.24, 2.45) is 7.05 Å².